The van der Waals surface area contributed by atoms with Gasteiger partial charge in [-0.1, -0.05) is 30.7 Å². The lowest BCUT2D eigenvalue weighted by Crippen LogP contribution is -2.51. The molecule has 0 aliphatic carbocycles. The van der Waals surface area contributed by atoms with Crippen molar-refractivity contribution in [2.45, 2.75) is 32.4 Å². The number of nitrogens with one attached hydrogen (secondary N) is 1. The summed E-state index contributed by atoms with van der Waals surface area (Å²) in [6.07, 6.45) is 5.78. The zero-order valence-electron chi connectivity index (χ0n) is 16.3. The quantitative estimate of drug-likeness (QED) is 0.839. The van der Waals surface area contributed by atoms with Gasteiger partial charge in [-0.2, -0.15) is 0 Å². The molecule has 2 aliphatic rings. The molecular weight excluding hydrogens is 370 g/mol. The van der Waals surface area contributed by atoms with Gasteiger partial charge in [-0.3, -0.25) is 4.90 Å². The summed E-state index contributed by atoms with van der Waals surface area (Å²) in [6.45, 7) is 7.10. The zero-order valence-corrected chi connectivity index (χ0v) is 17.2. The number of benzene rings is 1. The molecule has 0 unspecified atom stereocenters. The Morgan fingerprint density at radius 3 is 2.46 bits per heavy atom. The minimum atomic E-state index is 0.0339. The average Bonchev–Trinajstić information content (AvgIpc) is 3.29. The molecule has 0 radical (unpaired) electrons. The van der Waals surface area contributed by atoms with Crippen molar-refractivity contribution < 1.29 is 4.79 Å². The number of piperazine rings is 1. The third-order valence-corrected chi connectivity index (χ3v) is 6.48. The Morgan fingerprint density at radius 1 is 1.00 bits per heavy atom. The lowest BCUT2D eigenvalue weighted by atomic mass is 10.0. The van der Waals surface area contributed by atoms with Crippen LogP contribution in [-0.2, 0) is 13.1 Å². The van der Waals surface area contributed by atoms with Crippen LogP contribution in [0.2, 0.25) is 0 Å². The number of anilines is 1. The smallest absolute Gasteiger partial charge is 0.317 e. The number of rotatable bonds is 5. The number of amides is 2. The van der Waals surface area contributed by atoms with E-state index >= 15 is 0 Å². The molecule has 0 bridgehead atoms. The van der Waals surface area contributed by atoms with Gasteiger partial charge in [0.05, 0.1) is 0 Å². The molecule has 2 amide bonds. The minimum absolute atomic E-state index is 0.0339. The molecule has 7 heteroatoms. The van der Waals surface area contributed by atoms with Crippen molar-refractivity contribution in [3.63, 3.8) is 0 Å². The minimum Gasteiger partial charge on any atom is -0.345 e. The molecule has 2 aromatic rings. The van der Waals surface area contributed by atoms with Crippen LogP contribution in [0.3, 0.4) is 0 Å². The van der Waals surface area contributed by atoms with Crippen molar-refractivity contribution >= 4 is 22.5 Å². The topological polar surface area (TPSA) is 51.7 Å². The lowest BCUT2D eigenvalue weighted by Gasteiger charge is -2.34. The molecule has 2 saturated heterocycles. The first-order chi connectivity index (χ1) is 13.8. The molecule has 1 N–H and O–H groups in total. The maximum atomic E-state index is 12.6. The summed E-state index contributed by atoms with van der Waals surface area (Å²) in [4.78, 5) is 23.7. The fourth-order valence-corrected chi connectivity index (χ4v) is 4.69. The van der Waals surface area contributed by atoms with Crippen LogP contribution in [0.5, 0.6) is 0 Å². The van der Waals surface area contributed by atoms with Gasteiger partial charge in [-0.25, -0.2) is 9.78 Å². The monoisotopic (exact) mass is 399 g/mol. The van der Waals surface area contributed by atoms with Crippen molar-refractivity contribution in [2.75, 3.05) is 44.2 Å². The van der Waals surface area contributed by atoms with Gasteiger partial charge in [0.25, 0.3) is 0 Å². The summed E-state index contributed by atoms with van der Waals surface area (Å²) in [5.41, 5.74) is 2.56. The Hall–Kier alpha value is -2.12. The van der Waals surface area contributed by atoms with E-state index in [1.807, 2.05) is 16.5 Å². The summed E-state index contributed by atoms with van der Waals surface area (Å²) in [5, 5.41) is 6.18. The molecule has 0 spiro atoms. The largest absolute Gasteiger partial charge is 0.345 e. The highest BCUT2D eigenvalue weighted by Gasteiger charge is 2.22. The van der Waals surface area contributed by atoms with Gasteiger partial charge in [-0.15, -0.1) is 11.3 Å². The molecule has 1 aromatic heterocycles. The normalized spacial score (nSPS) is 18.3. The predicted octanol–water partition coefficient (Wildman–Crippen LogP) is 3.16. The Labute approximate surface area is 171 Å². The van der Waals surface area contributed by atoms with Gasteiger partial charge in [0.1, 0.15) is 0 Å². The zero-order chi connectivity index (χ0) is 19.2. The number of nitrogens with zero attached hydrogens (tertiary/aromatic N) is 4. The third-order valence-electron chi connectivity index (χ3n) is 5.65. The highest BCUT2D eigenvalue weighted by molar-refractivity contribution is 7.13. The molecular formula is C21H29N5OS. The van der Waals surface area contributed by atoms with E-state index in [4.69, 9.17) is 0 Å². The van der Waals surface area contributed by atoms with Gasteiger partial charge >= 0.3 is 6.03 Å². The second-order valence-corrected chi connectivity index (χ2v) is 8.43. The number of thiazole rings is 1. The van der Waals surface area contributed by atoms with Crippen molar-refractivity contribution in [1.29, 1.82) is 0 Å². The Morgan fingerprint density at radius 2 is 1.75 bits per heavy atom. The first-order valence-electron chi connectivity index (χ1n) is 10.3. The fourth-order valence-electron chi connectivity index (χ4n) is 4.00. The molecule has 4 rings (SSSR count). The van der Waals surface area contributed by atoms with E-state index < -0.39 is 0 Å². The number of carbonyl (C=O) groups is 1. The van der Waals surface area contributed by atoms with Crippen molar-refractivity contribution in [3.8, 4) is 0 Å². The van der Waals surface area contributed by atoms with E-state index in [-0.39, 0.29) is 6.03 Å². The highest BCUT2D eigenvalue weighted by atomic mass is 32.1. The fraction of sp³-hybridized carbons (Fsp3) is 0.524. The van der Waals surface area contributed by atoms with Gasteiger partial charge in [0.15, 0.2) is 5.13 Å². The van der Waals surface area contributed by atoms with Crippen molar-refractivity contribution in [3.05, 3.63) is 47.0 Å². The van der Waals surface area contributed by atoms with Gasteiger partial charge < -0.3 is 15.1 Å². The molecule has 6 nitrogen and oxygen atoms in total. The number of carbonyl (C=O) groups excluding carboxylic acids is 1. The molecule has 3 heterocycles. The Bertz CT molecular complexity index is 752. The summed E-state index contributed by atoms with van der Waals surface area (Å²) in [6, 6.07) is 8.53. The Balaban J connectivity index is 1.28. The van der Waals surface area contributed by atoms with E-state index in [2.05, 4.69) is 44.4 Å². The summed E-state index contributed by atoms with van der Waals surface area (Å²) < 4.78 is 0. The maximum absolute atomic E-state index is 12.6. The van der Waals surface area contributed by atoms with Crippen LogP contribution < -0.4 is 10.2 Å². The predicted molar refractivity (Wildman–Crippen MR) is 114 cm³/mol. The van der Waals surface area contributed by atoms with Crippen LogP contribution in [0, 0.1) is 0 Å². The number of piperidine rings is 1. The molecule has 0 atom stereocenters. The molecule has 2 fully saturated rings. The number of aromatic nitrogens is 1. The van der Waals surface area contributed by atoms with Gasteiger partial charge in [-0.05, 0) is 37.1 Å². The van der Waals surface area contributed by atoms with E-state index in [9.17, 15) is 4.79 Å². The second kappa shape index (κ2) is 9.39. The van der Waals surface area contributed by atoms with Crippen LogP contribution in [0.1, 0.15) is 30.4 Å². The maximum Gasteiger partial charge on any atom is 0.317 e. The number of likely N-dealkylation sites (tertiary alicyclic amines) is 1. The molecule has 28 heavy (non-hydrogen) atoms. The average molecular weight is 400 g/mol. The van der Waals surface area contributed by atoms with Crippen LogP contribution >= 0.6 is 11.3 Å². The summed E-state index contributed by atoms with van der Waals surface area (Å²) in [5.74, 6) is 0. The van der Waals surface area contributed by atoms with E-state index in [1.165, 1.54) is 43.5 Å². The highest BCUT2D eigenvalue weighted by Crippen LogP contribution is 2.19. The molecule has 1 aromatic carbocycles. The molecule has 2 aliphatic heterocycles. The second-order valence-electron chi connectivity index (χ2n) is 7.55. The number of hydrogen-bond donors (Lipinski definition) is 1. The lowest BCUT2D eigenvalue weighted by molar-refractivity contribution is 0.193. The van der Waals surface area contributed by atoms with E-state index in [1.54, 1.807) is 11.3 Å². The van der Waals surface area contributed by atoms with Crippen LogP contribution in [-0.4, -0.2) is 60.1 Å². The standard InChI is InChI=1S/C21H29N5OS/c27-20(25-11-13-26(14-12-25)21-22-8-15-28-21)23-16-18-6-2-3-7-19(18)17-24-9-4-1-5-10-24/h2-3,6-8,15H,1,4-5,9-14,16-17H2,(H,23,27). The van der Waals surface area contributed by atoms with Crippen LogP contribution in [0.25, 0.3) is 0 Å². The number of urea groups is 1. The first kappa shape index (κ1) is 19.2. The molecule has 0 saturated carbocycles. The SMILES string of the molecule is O=C(NCc1ccccc1CN1CCCCC1)N1CCN(c2nccs2)CC1. The van der Waals surface area contributed by atoms with Crippen molar-refractivity contribution in [1.82, 2.24) is 20.1 Å². The number of hydrogen-bond acceptors (Lipinski definition) is 5. The van der Waals surface area contributed by atoms with Crippen LogP contribution in [0.4, 0.5) is 9.93 Å². The summed E-state index contributed by atoms with van der Waals surface area (Å²) in [7, 11) is 0. The van der Waals surface area contributed by atoms with Crippen molar-refractivity contribution in [2.24, 2.45) is 0 Å². The summed E-state index contributed by atoms with van der Waals surface area (Å²) >= 11 is 1.65. The third kappa shape index (κ3) is 4.83. The van der Waals surface area contributed by atoms with E-state index in [0.29, 0.717) is 6.54 Å². The van der Waals surface area contributed by atoms with Gasteiger partial charge in [0.2, 0.25) is 0 Å². The first-order valence-corrected chi connectivity index (χ1v) is 11.1. The van der Waals surface area contributed by atoms with Crippen LogP contribution in [0.15, 0.2) is 35.8 Å². The Kier molecular flexibility index (Phi) is 6.44. The van der Waals surface area contributed by atoms with Gasteiger partial charge in [0, 0.05) is 50.8 Å². The van der Waals surface area contributed by atoms with E-state index in [0.717, 1.165) is 37.9 Å². The molecule has 150 valence electrons.